The summed E-state index contributed by atoms with van der Waals surface area (Å²) in [5.41, 5.74) is 2.87. The Morgan fingerprint density at radius 3 is 1.69 bits per heavy atom. The Hall–Kier alpha value is -3.90. The lowest BCUT2D eigenvalue weighted by Gasteiger charge is -2.32. The number of hydrogen-bond acceptors (Lipinski definition) is 10. The molecule has 0 spiro atoms. The highest BCUT2D eigenvalue weighted by molar-refractivity contribution is 7.14. The van der Waals surface area contributed by atoms with Crippen LogP contribution in [0.25, 0.3) is 21.1 Å². The van der Waals surface area contributed by atoms with Crippen molar-refractivity contribution in [3.8, 4) is 21.1 Å². The molecule has 39 heavy (non-hydrogen) atoms. The summed E-state index contributed by atoms with van der Waals surface area (Å²) in [5.74, 6) is 0.573. The van der Waals surface area contributed by atoms with E-state index in [-0.39, 0.29) is 18.0 Å². The Kier molecular flexibility index (Phi) is 7.58. The summed E-state index contributed by atoms with van der Waals surface area (Å²) in [6.07, 6.45) is 4.09. The predicted octanol–water partition coefficient (Wildman–Crippen LogP) is 5.00. The van der Waals surface area contributed by atoms with Crippen molar-refractivity contribution < 1.29 is 9.59 Å². The molecular formula is C27H30N8O2S2. The first-order valence-corrected chi connectivity index (χ1v) is 14.4. The molecule has 4 aromatic heterocycles. The number of aromatic nitrogens is 4. The predicted molar refractivity (Wildman–Crippen MR) is 155 cm³/mol. The molecule has 3 amide bonds. The topological polar surface area (TPSA) is 134 Å². The van der Waals surface area contributed by atoms with Crippen LogP contribution in [0.2, 0.25) is 0 Å². The second kappa shape index (κ2) is 11.1. The number of carbonyl (C=O) groups is 2. The first-order chi connectivity index (χ1) is 18.7. The second-order valence-electron chi connectivity index (χ2n) is 9.89. The van der Waals surface area contributed by atoms with E-state index in [0.29, 0.717) is 24.7 Å². The third-order valence-electron chi connectivity index (χ3n) is 6.58. The molecule has 10 nitrogen and oxygen atoms in total. The summed E-state index contributed by atoms with van der Waals surface area (Å²) in [6, 6.07) is 6.93. The summed E-state index contributed by atoms with van der Waals surface area (Å²) >= 11 is 3.26. The Balaban J connectivity index is 1.29. The first-order valence-electron chi connectivity index (χ1n) is 12.6. The van der Waals surface area contributed by atoms with Gasteiger partial charge >= 0.3 is 6.03 Å². The quantitative estimate of drug-likeness (QED) is 0.199. The van der Waals surface area contributed by atoms with Crippen LogP contribution in [0.3, 0.4) is 0 Å². The Bertz CT molecular complexity index is 1410. The molecule has 0 saturated carbocycles. The third-order valence-corrected chi connectivity index (χ3v) is 8.65. The maximum atomic E-state index is 13.1. The van der Waals surface area contributed by atoms with Crippen molar-refractivity contribution in [1.82, 2.24) is 30.6 Å². The molecular weight excluding hydrogens is 532 g/mol. The first kappa shape index (κ1) is 26.7. The fourth-order valence-corrected chi connectivity index (χ4v) is 6.66. The number of carbonyl (C=O) groups excluding carboxylic acids is 2. The largest absolute Gasteiger partial charge is 0.352 e. The van der Waals surface area contributed by atoms with Gasteiger partial charge in [0.2, 0.25) is 11.9 Å². The van der Waals surface area contributed by atoms with Gasteiger partial charge in [0.1, 0.15) is 5.54 Å². The summed E-state index contributed by atoms with van der Waals surface area (Å²) in [4.78, 5) is 45.6. The Morgan fingerprint density at radius 1 is 0.821 bits per heavy atom. The third kappa shape index (κ3) is 5.91. The molecule has 2 unspecified atom stereocenters. The molecule has 12 heteroatoms. The van der Waals surface area contributed by atoms with Gasteiger partial charge in [0, 0.05) is 24.5 Å². The average Bonchev–Trinajstić information content (AvgIpc) is 3.58. The number of rotatable bonds is 10. The van der Waals surface area contributed by atoms with E-state index < -0.39 is 11.6 Å². The number of nitrogens with one attached hydrogen (secondary N) is 4. The van der Waals surface area contributed by atoms with Crippen LogP contribution in [0.15, 0.2) is 47.4 Å². The monoisotopic (exact) mass is 562 g/mol. The standard InChI is InChI=1S/C27H30N8O2S2/c1-15-7-11-38-21(15)19-5-9-28-24(32-19)30-17(3)13-27(23(36)34-26(37)35-27)14-18(4)31-25-29-10-6-20(33-25)22-16(2)8-12-39-22/h5-12,17-18H,13-14H2,1-4H3,(H,28,30,32)(H,29,31,33)(H2,34,35,36,37). The normalized spacial score (nSPS) is 18.4. The fraction of sp³-hybridized carbons (Fsp3) is 0.333. The van der Waals surface area contributed by atoms with Crippen LogP contribution in [-0.2, 0) is 4.79 Å². The lowest BCUT2D eigenvalue weighted by Crippen LogP contribution is -2.52. The molecule has 0 aliphatic carbocycles. The fourth-order valence-electron chi connectivity index (χ4n) is 4.87. The lowest BCUT2D eigenvalue weighted by atomic mass is 9.85. The van der Waals surface area contributed by atoms with Gasteiger partial charge in [0.25, 0.3) is 5.91 Å². The Labute approximate surface area is 234 Å². The van der Waals surface area contributed by atoms with Crippen LogP contribution in [0, 0.1) is 13.8 Å². The molecule has 1 aliphatic heterocycles. The molecule has 202 valence electrons. The number of imide groups is 1. The molecule has 1 aliphatic rings. The van der Waals surface area contributed by atoms with Crippen molar-refractivity contribution in [1.29, 1.82) is 0 Å². The number of aryl methyl sites for hydroxylation is 2. The van der Waals surface area contributed by atoms with Gasteiger partial charge < -0.3 is 16.0 Å². The highest BCUT2D eigenvalue weighted by Gasteiger charge is 2.47. The van der Waals surface area contributed by atoms with Crippen LogP contribution in [0.1, 0.15) is 37.8 Å². The van der Waals surface area contributed by atoms with Gasteiger partial charge in [0.15, 0.2) is 0 Å². The van der Waals surface area contributed by atoms with Gasteiger partial charge in [-0.25, -0.2) is 24.7 Å². The van der Waals surface area contributed by atoms with E-state index in [4.69, 9.17) is 0 Å². The van der Waals surface area contributed by atoms with E-state index >= 15 is 0 Å². The molecule has 1 fully saturated rings. The Morgan fingerprint density at radius 2 is 1.31 bits per heavy atom. The van der Waals surface area contributed by atoms with Crippen molar-refractivity contribution in [2.75, 3.05) is 10.6 Å². The minimum absolute atomic E-state index is 0.220. The van der Waals surface area contributed by atoms with Crippen LogP contribution in [-0.4, -0.2) is 49.5 Å². The van der Waals surface area contributed by atoms with Gasteiger partial charge in [-0.15, -0.1) is 22.7 Å². The molecule has 1 saturated heterocycles. The van der Waals surface area contributed by atoms with Crippen LogP contribution >= 0.6 is 22.7 Å². The van der Waals surface area contributed by atoms with Gasteiger partial charge in [-0.1, -0.05) is 0 Å². The summed E-state index contributed by atoms with van der Waals surface area (Å²) in [6.45, 7) is 7.99. The number of thiophene rings is 2. The maximum absolute atomic E-state index is 13.1. The minimum Gasteiger partial charge on any atom is -0.352 e. The maximum Gasteiger partial charge on any atom is 0.322 e. The van der Waals surface area contributed by atoms with Crippen molar-refractivity contribution >= 4 is 46.5 Å². The highest BCUT2D eigenvalue weighted by Crippen LogP contribution is 2.30. The lowest BCUT2D eigenvalue weighted by molar-refractivity contribution is -0.124. The molecule has 4 aromatic rings. The molecule has 0 radical (unpaired) electrons. The van der Waals surface area contributed by atoms with E-state index in [0.717, 1.165) is 32.3 Å². The van der Waals surface area contributed by atoms with Gasteiger partial charge in [-0.05, 0) is 86.7 Å². The smallest absolute Gasteiger partial charge is 0.322 e. The number of nitrogens with zero attached hydrogens (tertiary/aromatic N) is 4. The van der Waals surface area contributed by atoms with Gasteiger partial charge in [-0.3, -0.25) is 10.1 Å². The van der Waals surface area contributed by atoms with Crippen molar-refractivity contribution in [2.24, 2.45) is 0 Å². The van der Waals surface area contributed by atoms with E-state index in [1.165, 1.54) is 0 Å². The number of urea groups is 1. The molecule has 0 bridgehead atoms. The zero-order valence-electron chi connectivity index (χ0n) is 22.1. The van der Waals surface area contributed by atoms with E-state index in [9.17, 15) is 9.59 Å². The van der Waals surface area contributed by atoms with Crippen LogP contribution in [0.5, 0.6) is 0 Å². The van der Waals surface area contributed by atoms with Crippen LogP contribution in [0.4, 0.5) is 16.7 Å². The highest BCUT2D eigenvalue weighted by atomic mass is 32.1. The molecule has 2 atom stereocenters. The summed E-state index contributed by atoms with van der Waals surface area (Å²) in [5, 5.41) is 16.0. The molecule has 5 rings (SSSR count). The SMILES string of the molecule is Cc1ccsc1-c1ccnc(NC(C)CC2(CC(C)Nc3nccc(-c4sccc4C)n3)NC(=O)NC2=O)n1. The van der Waals surface area contributed by atoms with E-state index in [1.54, 1.807) is 35.1 Å². The molecule has 5 heterocycles. The van der Waals surface area contributed by atoms with Crippen molar-refractivity contribution in [3.63, 3.8) is 0 Å². The van der Waals surface area contributed by atoms with E-state index in [1.807, 2.05) is 36.7 Å². The number of hydrogen-bond donors (Lipinski definition) is 4. The van der Waals surface area contributed by atoms with E-state index in [2.05, 4.69) is 67.2 Å². The van der Waals surface area contributed by atoms with Gasteiger partial charge in [-0.2, -0.15) is 0 Å². The minimum atomic E-state index is -1.13. The van der Waals surface area contributed by atoms with Crippen molar-refractivity contribution in [3.05, 3.63) is 58.5 Å². The number of amides is 3. The van der Waals surface area contributed by atoms with Gasteiger partial charge in [0.05, 0.1) is 21.1 Å². The zero-order chi connectivity index (χ0) is 27.6. The molecule has 0 aromatic carbocycles. The van der Waals surface area contributed by atoms with Crippen molar-refractivity contribution in [2.45, 2.75) is 58.2 Å². The zero-order valence-corrected chi connectivity index (χ0v) is 23.7. The summed E-state index contributed by atoms with van der Waals surface area (Å²) in [7, 11) is 0. The average molecular weight is 563 g/mol. The van der Waals surface area contributed by atoms with Crippen LogP contribution < -0.4 is 21.3 Å². The summed E-state index contributed by atoms with van der Waals surface area (Å²) < 4.78 is 0. The second-order valence-corrected chi connectivity index (χ2v) is 11.7. The number of anilines is 2. The molecule has 4 N–H and O–H groups in total.